The summed E-state index contributed by atoms with van der Waals surface area (Å²) in [6.45, 7) is 5.50. The molecule has 10 nitrogen and oxygen atoms in total. The maximum atomic E-state index is 15.6. The standard InChI is InChI=1S/C33H37F2NO9S/c1-33(2,3)45-28(40)10-9-22(38)26-15-20-25(46-26)16-24(42-5)32(29(20)34)44-13-7-12-43-31-23(41-4)14-19-17-36(18-21(19)30(31)35)27(39)8-6-11-37/h11,14-16H,6-10,12-13,17-18H2,1-5H3. The molecule has 2 aromatic carbocycles. The van der Waals surface area contributed by atoms with E-state index in [2.05, 4.69) is 0 Å². The number of amides is 1. The number of thiophene rings is 1. The second-order valence-electron chi connectivity index (χ2n) is 11.6. The van der Waals surface area contributed by atoms with E-state index in [0.717, 1.165) is 11.3 Å². The number of hydrogen-bond acceptors (Lipinski definition) is 10. The minimum atomic E-state index is -0.698. The molecule has 0 aliphatic carbocycles. The summed E-state index contributed by atoms with van der Waals surface area (Å²) in [6, 6.07) is 4.64. The summed E-state index contributed by atoms with van der Waals surface area (Å²) >= 11 is 1.09. The minimum absolute atomic E-state index is 0.00150. The Morgan fingerprint density at radius 3 is 2.20 bits per heavy atom. The van der Waals surface area contributed by atoms with Gasteiger partial charge in [0.25, 0.3) is 0 Å². The van der Waals surface area contributed by atoms with Crippen LogP contribution in [0.15, 0.2) is 18.2 Å². The van der Waals surface area contributed by atoms with Crippen LogP contribution in [0, 0.1) is 11.6 Å². The van der Waals surface area contributed by atoms with Crippen molar-refractivity contribution in [2.75, 3.05) is 27.4 Å². The Morgan fingerprint density at radius 1 is 0.913 bits per heavy atom. The van der Waals surface area contributed by atoms with Crippen molar-refractivity contribution in [2.45, 2.75) is 71.6 Å². The third kappa shape index (κ3) is 8.11. The molecule has 0 atom stereocenters. The lowest BCUT2D eigenvalue weighted by Crippen LogP contribution is -2.25. The number of carbonyl (C=O) groups excluding carboxylic acids is 4. The molecule has 3 aromatic rings. The molecule has 2 heterocycles. The molecule has 0 bridgehead atoms. The number of rotatable bonds is 15. The van der Waals surface area contributed by atoms with Crippen LogP contribution in [0.25, 0.3) is 10.1 Å². The largest absolute Gasteiger partial charge is 0.493 e. The van der Waals surface area contributed by atoms with Gasteiger partial charge in [-0.2, -0.15) is 0 Å². The van der Waals surface area contributed by atoms with Crippen molar-refractivity contribution in [3.05, 3.63) is 45.8 Å². The predicted molar refractivity (Wildman–Crippen MR) is 166 cm³/mol. The first-order chi connectivity index (χ1) is 21.9. The van der Waals surface area contributed by atoms with Crippen LogP contribution in [-0.4, -0.2) is 61.9 Å². The smallest absolute Gasteiger partial charge is 0.306 e. The molecule has 0 fully saturated rings. The number of Topliss-reactive ketones (excluding diaryl/α,β-unsaturated/α-hetero) is 1. The second kappa shape index (κ2) is 14.9. The van der Waals surface area contributed by atoms with Gasteiger partial charge in [0.05, 0.1) is 38.7 Å². The summed E-state index contributed by atoms with van der Waals surface area (Å²) in [4.78, 5) is 49.5. The van der Waals surface area contributed by atoms with Crippen molar-refractivity contribution < 1.29 is 51.6 Å². The first-order valence-corrected chi connectivity index (χ1v) is 15.6. The number of methoxy groups -OCH3 is 2. The predicted octanol–water partition coefficient (Wildman–Crippen LogP) is 6.17. The summed E-state index contributed by atoms with van der Waals surface area (Å²) in [6.07, 6.45) is 0.908. The number of hydrogen-bond donors (Lipinski definition) is 0. The van der Waals surface area contributed by atoms with Gasteiger partial charge >= 0.3 is 5.97 Å². The van der Waals surface area contributed by atoms with Crippen molar-refractivity contribution in [1.29, 1.82) is 0 Å². The maximum absolute atomic E-state index is 15.6. The number of ether oxygens (including phenoxy) is 5. The third-order valence-electron chi connectivity index (χ3n) is 7.07. The number of halogens is 2. The van der Waals surface area contributed by atoms with Crippen LogP contribution in [0.2, 0.25) is 0 Å². The molecule has 0 saturated heterocycles. The fourth-order valence-corrected chi connectivity index (χ4v) is 5.98. The molecule has 1 aromatic heterocycles. The quantitative estimate of drug-likeness (QED) is 0.0816. The lowest BCUT2D eigenvalue weighted by molar-refractivity contribution is -0.154. The number of carbonyl (C=O) groups is 4. The monoisotopic (exact) mass is 661 g/mol. The summed E-state index contributed by atoms with van der Waals surface area (Å²) < 4.78 is 58.9. The SMILES string of the molecule is COc1cc2c(c(F)c1OCCCOc1c(OC)cc3sc(C(=O)CCC(=O)OC(C)(C)C)cc3c1F)CN(C(=O)CCC=O)C2. The van der Waals surface area contributed by atoms with Crippen molar-refractivity contribution in [3.8, 4) is 23.0 Å². The van der Waals surface area contributed by atoms with Crippen molar-refractivity contribution in [2.24, 2.45) is 0 Å². The molecule has 1 aliphatic rings. The lowest BCUT2D eigenvalue weighted by atomic mass is 10.1. The van der Waals surface area contributed by atoms with Gasteiger partial charge in [-0.25, -0.2) is 8.78 Å². The number of ketones is 1. The number of benzene rings is 2. The third-order valence-corrected chi connectivity index (χ3v) is 8.20. The van der Waals surface area contributed by atoms with E-state index in [1.165, 1.54) is 25.2 Å². The zero-order valence-electron chi connectivity index (χ0n) is 26.5. The summed E-state index contributed by atoms with van der Waals surface area (Å²) in [5.74, 6) is -2.30. The van der Waals surface area contributed by atoms with Crippen LogP contribution >= 0.6 is 11.3 Å². The first-order valence-electron chi connectivity index (χ1n) is 14.8. The molecule has 0 spiro atoms. The van der Waals surface area contributed by atoms with Gasteiger partial charge in [-0.1, -0.05) is 0 Å². The zero-order chi connectivity index (χ0) is 33.6. The Bertz CT molecular complexity index is 1630. The summed E-state index contributed by atoms with van der Waals surface area (Å²) in [7, 11) is 2.76. The van der Waals surface area contributed by atoms with E-state index >= 15 is 8.78 Å². The van der Waals surface area contributed by atoms with E-state index in [1.807, 2.05) is 0 Å². The van der Waals surface area contributed by atoms with Crippen LogP contribution in [0.5, 0.6) is 23.0 Å². The highest BCUT2D eigenvalue weighted by molar-refractivity contribution is 7.20. The number of esters is 1. The van der Waals surface area contributed by atoms with Gasteiger partial charge in [0.1, 0.15) is 11.9 Å². The fraction of sp³-hybridized carbons (Fsp3) is 0.455. The van der Waals surface area contributed by atoms with E-state index < -0.39 is 23.2 Å². The van der Waals surface area contributed by atoms with Gasteiger partial charge < -0.3 is 33.4 Å². The number of nitrogens with zero attached hydrogens (tertiary/aromatic N) is 1. The Balaban J connectivity index is 1.38. The molecule has 13 heteroatoms. The molecule has 4 rings (SSSR count). The molecule has 0 N–H and O–H groups in total. The molecule has 248 valence electrons. The van der Waals surface area contributed by atoms with Crippen LogP contribution in [0.1, 0.15) is 73.7 Å². The van der Waals surface area contributed by atoms with Crippen molar-refractivity contribution in [3.63, 3.8) is 0 Å². The topological polar surface area (TPSA) is 118 Å². The van der Waals surface area contributed by atoms with Gasteiger partial charge in [-0.3, -0.25) is 14.4 Å². The van der Waals surface area contributed by atoms with Crippen LogP contribution < -0.4 is 18.9 Å². The van der Waals surface area contributed by atoms with Crippen molar-refractivity contribution in [1.82, 2.24) is 4.90 Å². The lowest BCUT2D eigenvalue weighted by Gasteiger charge is -2.19. The summed E-state index contributed by atoms with van der Waals surface area (Å²) in [5.41, 5.74) is 0.267. The second-order valence-corrected chi connectivity index (χ2v) is 12.7. The van der Waals surface area contributed by atoms with E-state index in [4.69, 9.17) is 23.7 Å². The fourth-order valence-electron chi connectivity index (χ4n) is 4.93. The highest BCUT2D eigenvalue weighted by Crippen LogP contribution is 2.41. The molecule has 0 saturated carbocycles. The van der Waals surface area contributed by atoms with Gasteiger partial charge in [-0.05, 0) is 38.5 Å². The van der Waals surface area contributed by atoms with Crippen LogP contribution in [-0.2, 0) is 32.2 Å². The molecule has 0 unspecified atom stereocenters. The van der Waals surface area contributed by atoms with E-state index in [-0.39, 0.29) is 98.5 Å². The Kier molecular flexibility index (Phi) is 11.2. The average Bonchev–Trinajstić information content (AvgIpc) is 3.64. The Morgan fingerprint density at radius 2 is 1.57 bits per heavy atom. The molecule has 1 amide bonds. The zero-order valence-corrected chi connectivity index (χ0v) is 27.3. The van der Waals surface area contributed by atoms with E-state index in [0.29, 0.717) is 27.0 Å². The van der Waals surface area contributed by atoms with Gasteiger partial charge in [0.2, 0.25) is 5.91 Å². The summed E-state index contributed by atoms with van der Waals surface area (Å²) in [5, 5.41) is 0.182. The van der Waals surface area contributed by atoms with Gasteiger partial charge in [-0.15, -0.1) is 11.3 Å². The maximum Gasteiger partial charge on any atom is 0.306 e. The number of fused-ring (bicyclic) bond motifs is 2. The first kappa shape index (κ1) is 34.6. The van der Waals surface area contributed by atoms with Crippen LogP contribution in [0.3, 0.4) is 0 Å². The minimum Gasteiger partial charge on any atom is -0.493 e. The Labute approximate surface area is 269 Å². The van der Waals surface area contributed by atoms with Crippen molar-refractivity contribution >= 4 is 45.4 Å². The molecular formula is C33H37F2NO9S. The molecule has 1 aliphatic heterocycles. The highest BCUT2D eigenvalue weighted by Gasteiger charge is 2.30. The van der Waals surface area contributed by atoms with Crippen LogP contribution in [0.4, 0.5) is 8.78 Å². The normalized spacial score (nSPS) is 12.5. The highest BCUT2D eigenvalue weighted by atomic mass is 32.1. The molecule has 46 heavy (non-hydrogen) atoms. The molecule has 0 radical (unpaired) electrons. The van der Waals surface area contributed by atoms with E-state index in [1.54, 1.807) is 32.9 Å². The van der Waals surface area contributed by atoms with E-state index in [9.17, 15) is 19.2 Å². The van der Waals surface area contributed by atoms with Gasteiger partial charge in [0, 0.05) is 60.5 Å². The van der Waals surface area contributed by atoms with Gasteiger partial charge in [0.15, 0.2) is 40.4 Å². The average molecular weight is 662 g/mol. The Hall–Kier alpha value is -4.26. The number of aldehydes is 1. The molecular weight excluding hydrogens is 624 g/mol.